The molecule has 0 saturated carbocycles. The lowest BCUT2D eigenvalue weighted by Gasteiger charge is -2.15. The Hall–Kier alpha value is -0.970. The lowest BCUT2D eigenvalue weighted by molar-refractivity contribution is -0.116. The molecule has 0 spiro atoms. The Labute approximate surface area is 87.9 Å². The van der Waals surface area contributed by atoms with E-state index in [2.05, 4.69) is 0 Å². The van der Waals surface area contributed by atoms with Gasteiger partial charge in [-0.25, -0.2) is 0 Å². The second-order valence-corrected chi connectivity index (χ2v) is 4.50. The highest BCUT2D eigenvalue weighted by Gasteiger charge is 2.52. The van der Waals surface area contributed by atoms with Gasteiger partial charge >= 0.3 is 0 Å². The third kappa shape index (κ3) is 2.17. The Bertz CT molecular complexity index is 348. The SMILES string of the molecule is CC(C)(O)/C=C/C1=CC(=O)[C@@H]2O[C@@H]2[C@@H]1O. The van der Waals surface area contributed by atoms with E-state index in [1.165, 1.54) is 12.2 Å². The van der Waals surface area contributed by atoms with Gasteiger partial charge < -0.3 is 14.9 Å². The van der Waals surface area contributed by atoms with Gasteiger partial charge in [0.15, 0.2) is 5.78 Å². The molecule has 3 atom stereocenters. The van der Waals surface area contributed by atoms with Crippen molar-refractivity contribution in [2.24, 2.45) is 0 Å². The Balaban J connectivity index is 2.15. The number of ketones is 1. The normalized spacial score (nSPS) is 35.3. The van der Waals surface area contributed by atoms with Crippen LogP contribution >= 0.6 is 0 Å². The van der Waals surface area contributed by atoms with E-state index in [1.807, 2.05) is 0 Å². The summed E-state index contributed by atoms with van der Waals surface area (Å²) in [6, 6.07) is 0. The molecule has 1 fully saturated rings. The molecule has 2 aliphatic rings. The highest BCUT2D eigenvalue weighted by molar-refractivity contribution is 5.98. The fourth-order valence-corrected chi connectivity index (χ4v) is 1.56. The molecular formula is C11H14O4. The summed E-state index contributed by atoms with van der Waals surface area (Å²) in [4.78, 5) is 11.3. The molecule has 4 heteroatoms. The smallest absolute Gasteiger partial charge is 0.187 e. The van der Waals surface area contributed by atoms with Gasteiger partial charge in [-0.1, -0.05) is 12.2 Å². The minimum atomic E-state index is -0.954. The minimum absolute atomic E-state index is 0.110. The minimum Gasteiger partial charge on any atom is -0.386 e. The Morgan fingerprint density at radius 2 is 2.20 bits per heavy atom. The highest BCUT2D eigenvalue weighted by Crippen LogP contribution is 2.34. The maximum absolute atomic E-state index is 11.3. The van der Waals surface area contributed by atoms with Crippen molar-refractivity contribution in [1.82, 2.24) is 0 Å². The number of carbonyl (C=O) groups excluding carboxylic acids is 1. The van der Waals surface area contributed by atoms with E-state index in [-0.39, 0.29) is 11.9 Å². The van der Waals surface area contributed by atoms with Crippen LogP contribution in [0.4, 0.5) is 0 Å². The summed E-state index contributed by atoms with van der Waals surface area (Å²) in [5.74, 6) is -0.110. The van der Waals surface area contributed by atoms with Crippen LogP contribution in [-0.4, -0.2) is 39.9 Å². The molecule has 4 nitrogen and oxygen atoms in total. The fraction of sp³-hybridized carbons (Fsp3) is 0.545. The van der Waals surface area contributed by atoms with Gasteiger partial charge in [-0.05, 0) is 25.5 Å². The van der Waals surface area contributed by atoms with E-state index >= 15 is 0 Å². The molecule has 1 aliphatic carbocycles. The summed E-state index contributed by atoms with van der Waals surface area (Å²) in [5, 5.41) is 19.2. The van der Waals surface area contributed by atoms with Crippen LogP contribution < -0.4 is 0 Å². The van der Waals surface area contributed by atoms with Crippen molar-refractivity contribution in [2.45, 2.75) is 37.8 Å². The van der Waals surface area contributed by atoms with Gasteiger partial charge in [0.1, 0.15) is 18.3 Å². The molecule has 0 amide bonds. The predicted molar refractivity (Wildman–Crippen MR) is 53.2 cm³/mol. The van der Waals surface area contributed by atoms with Gasteiger partial charge in [0, 0.05) is 0 Å². The monoisotopic (exact) mass is 210 g/mol. The molecule has 0 aromatic heterocycles. The lowest BCUT2D eigenvalue weighted by Crippen LogP contribution is -2.27. The van der Waals surface area contributed by atoms with E-state index in [0.29, 0.717) is 5.57 Å². The molecule has 1 heterocycles. The first kappa shape index (κ1) is 10.5. The van der Waals surface area contributed by atoms with Crippen LogP contribution in [0.1, 0.15) is 13.8 Å². The molecule has 2 rings (SSSR count). The number of ether oxygens (including phenoxy) is 1. The molecule has 1 aliphatic heterocycles. The maximum Gasteiger partial charge on any atom is 0.187 e. The van der Waals surface area contributed by atoms with Gasteiger partial charge in [-0.2, -0.15) is 0 Å². The second kappa shape index (κ2) is 3.27. The summed E-state index contributed by atoms with van der Waals surface area (Å²) in [6.07, 6.45) is 2.90. The zero-order chi connectivity index (χ0) is 11.2. The van der Waals surface area contributed by atoms with Crippen LogP contribution in [0.3, 0.4) is 0 Å². The van der Waals surface area contributed by atoms with Gasteiger partial charge in [0.05, 0.1) is 5.60 Å². The van der Waals surface area contributed by atoms with Crippen molar-refractivity contribution in [1.29, 1.82) is 0 Å². The molecule has 82 valence electrons. The largest absolute Gasteiger partial charge is 0.386 e. The van der Waals surface area contributed by atoms with Crippen LogP contribution in [0.2, 0.25) is 0 Å². The average Bonchev–Trinajstić information content (AvgIpc) is 2.87. The van der Waals surface area contributed by atoms with Crippen LogP contribution in [0.5, 0.6) is 0 Å². The van der Waals surface area contributed by atoms with Crippen molar-refractivity contribution in [3.05, 3.63) is 23.8 Å². The van der Waals surface area contributed by atoms with Crippen LogP contribution in [0.25, 0.3) is 0 Å². The topological polar surface area (TPSA) is 70.1 Å². The summed E-state index contributed by atoms with van der Waals surface area (Å²) in [5.41, 5.74) is -0.453. The lowest BCUT2D eigenvalue weighted by atomic mass is 9.94. The van der Waals surface area contributed by atoms with Crippen molar-refractivity contribution < 1.29 is 19.7 Å². The summed E-state index contributed by atoms with van der Waals surface area (Å²) < 4.78 is 5.02. The molecule has 15 heavy (non-hydrogen) atoms. The summed E-state index contributed by atoms with van der Waals surface area (Å²) in [6.45, 7) is 3.25. The molecule has 0 aromatic rings. The number of rotatable bonds is 2. The first-order chi connectivity index (χ1) is 6.88. The predicted octanol–water partition coefficient (Wildman–Crippen LogP) is -0.0491. The van der Waals surface area contributed by atoms with Gasteiger partial charge in [0.2, 0.25) is 0 Å². The van der Waals surface area contributed by atoms with Crippen LogP contribution in [-0.2, 0) is 9.53 Å². The van der Waals surface area contributed by atoms with Gasteiger partial charge in [-0.3, -0.25) is 4.79 Å². The quantitative estimate of drug-likeness (QED) is 0.627. The highest BCUT2D eigenvalue weighted by atomic mass is 16.6. The first-order valence-corrected chi connectivity index (χ1v) is 4.89. The number of aliphatic hydroxyl groups is 2. The van der Waals surface area contributed by atoms with Crippen molar-refractivity contribution in [3.8, 4) is 0 Å². The number of aliphatic hydroxyl groups excluding tert-OH is 1. The van der Waals surface area contributed by atoms with E-state index < -0.39 is 17.8 Å². The third-order valence-electron chi connectivity index (χ3n) is 2.45. The first-order valence-electron chi connectivity index (χ1n) is 4.89. The van der Waals surface area contributed by atoms with E-state index in [4.69, 9.17) is 4.74 Å². The Morgan fingerprint density at radius 3 is 2.80 bits per heavy atom. The zero-order valence-corrected chi connectivity index (χ0v) is 8.68. The average molecular weight is 210 g/mol. The van der Waals surface area contributed by atoms with Crippen molar-refractivity contribution in [2.75, 3.05) is 0 Å². The number of carbonyl (C=O) groups is 1. The maximum atomic E-state index is 11.3. The number of fused-ring (bicyclic) bond motifs is 1. The summed E-state index contributed by atoms with van der Waals surface area (Å²) in [7, 11) is 0. The number of hydrogen-bond donors (Lipinski definition) is 2. The molecule has 1 saturated heterocycles. The molecule has 0 unspecified atom stereocenters. The second-order valence-electron chi connectivity index (χ2n) is 4.50. The van der Waals surface area contributed by atoms with Crippen LogP contribution in [0, 0.1) is 0 Å². The Morgan fingerprint density at radius 1 is 1.53 bits per heavy atom. The van der Waals surface area contributed by atoms with E-state index in [0.717, 1.165) is 0 Å². The molecule has 0 aromatic carbocycles. The van der Waals surface area contributed by atoms with Gasteiger partial charge in [0.25, 0.3) is 0 Å². The summed E-state index contributed by atoms with van der Waals surface area (Å²) >= 11 is 0. The molecule has 0 bridgehead atoms. The number of hydrogen-bond acceptors (Lipinski definition) is 4. The third-order valence-corrected chi connectivity index (χ3v) is 2.45. The van der Waals surface area contributed by atoms with Gasteiger partial charge in [-0.15, -0.1) is 0 Å². The van der Waals surface area contributed by atoms with E-state index in [9.17, 15) is 15.0 Å². The zero-order valence-electron chi connectivity index (χ0n) is 8.68. The molecular weight excluding hydrogens is 196 g/mol. The number of epoxide rings is 1. The van der Waals surface area contributed by atoms with Crippen molar-refractivity contribution in [3.63, 3.8) is 0 Å². The molecule has 0 radical (unpaired) electrons. The van der Waals surface area contributed by atoms with Crippen LogP contribution in [0.15, 0.2) is 23.8 Å². The Kier molecular flexibility index (Phi) is 2.30. The molecule has 2 N–H and O–H groups in total. The fourth-order valence-electron chi connectivity index (χ4n) is 1.56. The van der Waals surface area contributed by atoms with E-state index in [1.54, 1.807) is 19.9 Å². The standard InChI is InChI=1S/C11H14O4/c1-11(2,14)4-3-6-5-7(12)9-10(15-9)8(6)13/h3-5,8-10,13-14H,1-2H3/b4-3+/t8-,9+,10-/m1/s1. The van der Waals surface area contributed by atoms with Crippen molar-refractivity contribution >= 4 is 5.78 Å².